The molecule has 1 saturated carbocycles. The van der Waals surface area contributed by atoms with Gasteiger partial charge < -0.3 is 10.1 Å². The molecule has 0 aromatic rings. The van der Waals surface area contributed by atoms with Crippen molar-refractivity contribution < 1.29 is 9.53 Å². The van der Waals surface area contributed by atoms with E-state index in [9.17, 15) is 4.79 Å². The molecule has 2 fully saturated rings. The third-order valence-corrected chi connectivity index (χ3v) is 3.71. The molecule has 0 radical (unpaired) electrons. The van der Waals surface area contributed by atoms with Crippen LogP contribution in [0.5, 0.6) is 0 Å². The molecule has 0 amide bonds. The molecular formula is C11H19NO2. The van der Waals surface area contributed by atoms with E-state index in [-0.39, 0.29) is 17.8 Å². The second-order valence-electron chi connectivity index (χ2n) is 4.71. The number of methoxy groups -OCH3 is 1. The summed E-state index contributed by atoms with van der Waals surface area (Å²) in [6.07, 6.45) is 2.56. The molecule has 1 aliphatic carbocycles. The van der Waals surface area contributed by atoms with Gasteiger partial charge in [-0.1, -0.05) is 6.92 Å². The van der Waals surface area contributed by atoms with E-state index < -0.39 is 0 Å². The summed E-state index contributed by atoms with van der Waals surface area (Å²) in [5.41, 5.74) is 0. The van der Waals surface area contributed by atoms with E-state index in [0.717, 1.165) is 12.0 Å². The van der Waals surface area contributed by atoms with Gasteiger partial charge in [0.1, 0.15) is 5.78 Å². The summed E-state index contributed by atoms with van der Waals surface area (Å²) in [7, 11) is 1.70. The number of nitrogens with one attached hydrogen (secondary N) is 1. The van der Waals surface area contributed by atoms with Crippen LogP contribution in [0, 0.1) is 11.8 Å². The number of carbonyl (C=O) groups excluding carboxylic acids is 1. The molecule has 5 atom stereocenters. The van der Waals surface area contributed by atoms with Crippen molar-refractivity contribution in [2.45, 2.75) is 44.9 Å². The maximum absolute atomic E-state index is 11.3. The van der Waals surface area contributed by atoms with Crippen LogP contribution in [0.2, 0.25) is 0 Å². The summed E-state index contributed by atoms with van der Waals surface area (Å²) >= 11 is 0. The van der Waals surface area contributed by atoms with Gasteiger partial charge in [-0.2, -0.15) is 0 Å². The minimum absolute atomic E-state index is 0.00926. The number of hydrogen-bond donors (Lipinski definition) is 1. The lowest BCUT2D eigenvalue weighted by molar-refractivity contribution is -0.125. The van der Waals surface area contributed by atoms with Crippen LogP contribution in [0.15, 0.2) is 0 Å². The number of ketones is 1. The molecule has 1 N–H and O–H groups in total. The second kappa shape index (κ2) is 3.63. The van der Waals surface area contributed by atoms with Crippen LogP contribution in [-0.2, 0) is 9.53 Å². The van der Waals surface area contributed by atoms with Gasteiger partial charge in [0.25, 0.3) is 0 Å². The number of carbonyl (C=O) groups is 1. The molecule has 14 heavy (non-hydrogen) atoms. The van der Waals surface area contributed by atoms with E-state index in [4.69, 9.17) is 4.74 Å². The highest BCUT2D eigenvalue weighted by atomic mass is 16.5. The summed E-state index contributed by atoms with van der Waals surface area (Å²) in [5, 5.41) is 3.54. The van der Waals surface area contributed by atoms with Crippen molar-refractivity contribution >= 4 is 5.78 Å². The molecule has 0 aromatic carbocycles. The van der Waals surface area contributed by atoms with E-state index in [1.54, 1.807) is 14.0 Å². The maximum atomic E-state index is 11.3. The molecule has 0 aromatic heterocycles. The number of fused-ring (bicyclic) bond motifs is 1. The van der Waals surface area contributed by atoms with E-state index in [0.29, 0.717) is 6.04 Å². The zero-order valence-corrected chi connectivity index (χ0v) is 9.12. The van der Waals surface area contributed by atoms with Gasteiger partial charge in [-0.3, -0.25) is 4.79 Å². The van der Waals surface area contributed by atoms with E-state index >= 15 is 0 Å². The van der Waals surface area contributed by atoms with E-state index in [1.165, 1.54) is 12.8 Å². The van der Waals surface area contributed by atoms with Crippen LogP contribution in [-0.4, -0.2) is 31.1 Å². The fourth-order valence-electron chi connectivity index (χ4n) is 2.56. The Morgan fingerprint density at radius 1 is 1.50 bits per heavy atom. The molecule has 3 heteroatoms. The monoisotopic (exact) mass is 197 g/mol. The van der Waals surface area contributed by atoms with Crippen LogP contribution >= 0.6 is 0 Å². The van der Waals surface area contributed by atoms with Gasteiger partial charge >= 0.3 is 0 Å². The lowest BCUT2D eigenvalue weighted by Gasteiger charge is -2.27. The molecule has 1 saturated heterocycles. The van der Waals surface area contributed by atoms with Gasteiger partial charge in [-0.25, -0.2) is 0 Å². The Balaban J connectivity index is 1.95. The Labute approximate surface area is 85.2 Å². The van der Waals surface area contributed by atoms with Crippen molar-refractivity contribution in [1.82, 2.24) is 5.32 Å². The Morgan fingerprint density at radius 2 is 2.21 bits per heavy atom. The molecule has 1 aliphatic heterocycles. The van der Waals surface area contributed by atoms with Crippen molar-refractivity contribution in [2.75, 3.05) is 7.11 Å². The van der Waals surface area contributed by atoms with Crippen LogP contribution in [0.3, 0.4) is 0 Å². The van der Waals surface area contributed by atoms with Gasteiger partial charge in [0.2, 0.25) is 0 Å². The average Bonchev–Trinajstić information content (AvgIpc) is 2.75. The predicted molar refractivity (Wildman–Crippen MR) is 54.1 cm³/mol. The third kappa shape index (κ3) is 1.71. The lowest BCUT2D eigenvalue weighted by atomic mass is 9.92. The van der Waals surface area contributed by atoms with Gasteiger partial charge in [0.05, 0.1) is 6.10 Å². The van der Waals surface area contributed by atoms with Crippen LogP contribution in [0.25, 0.3) is 0 Å². The SMILES string of the molecule is COC(C1CC2CC2N1)C(C)C(C)=O. The predicted octanol–water partition coefficient (Wildman–Crippen LogP) is 0.977. The first kappa shape index (κ1) is 10.1. The molecule has 2 aliphatic rings. The molecule has 2 rings (SSSR count). The maximum Gasteiger partial charge on any atom is 0.135 e. The highest BCUT2D eigenvalue weighted by molar-refractivity contribution is 5.78. The zero-order chi connectivity index (χ0) is 10.3. The van der Waals surface area contributed by atoms with Gasteiger partial charge in [-0.15, -0.1) is 0 Å². The molecule has 5 unspecified atom stereocenters. The minimum Gasteiger partial charge on any atom is -0.379 e. The molecular weight excluding hydrogens is 178 g/mol. The Hall–Kier alpha value is -0.410. The standard InChI is InChI=1S/C11H19NO2/c1-6(7(2)13)11(14-3)10-5-8-4-9(8)12-10/h6,8-12H,4-5H2,1-3H3. The van der Waals surface area contributed by atoms with Crippen molar-refractivity contribution in [2.24, 2.45) is 11.8 Å². The fraction of sp³-hybridized carbons (Fsp3) is 0.909. The fourth-order valence-corrected chi connectivity index (χ4v) is 2.56. The van der Waals surface area contributed by atoms with Crippen molar-refractivity contribution in [3.8, 4) is 0 Å². The molecule has 0 bridgehead atoms. The van der Waals surface area contributed by atoms with E-state index in [2.05, 4.69) is 5.32 Å². The smallest absolute Gasteiger partial charge is 0.135 e. The van der Waals surface area contributed by atoms with Crippen LogP contribution in [0.1, 0.15) is 26.7 Å². The van der Waals surface area contributed by atoms with Gasteiger partial charge in [-0.05, 0) is 25.7 Å². The quantitative estimate of drug-likeness (QED) is 0.730. The van der Waals surface area contributed by atoms with Crippen LogP contribution in [0.4, 0.5) is 0 Å². The Bertz CT molecular complexity index is 231. The number of rotatable bonds is 4. The Morgan fingerprint density at radius 3 is 2.64 bits per heavy atom. The summed E-state index contributed by atoms with van der Waals surface area (Å²) < 4.78 is 5.44. The Kier molecular flexibility index (Phi) is 2.62. The van der Waals surface area contributed by atoms with Crippen molar-refractivity contribution in [1.29, 1.82) is 0 Å². The number of Topliss-reactive ketones (excluding diaryl/α,β-unsaturated/α-hetero) is 1. The summed E-state index contributed by atoms with van der Waals surface area (Å²) in [5.74, 6) is 1.09. The third-order valence-electron chi connectivity index (χ3n) is 3.71. The number of hydrogen-bond acceptors (Lipinski definition) is 3. The number of piperidine rings is 1. The van der Waals surface area contributed by atoms with Gasteiger partial charge in [0.15, 0.2) is 0 Å². The average molecular weight is 197 g/mol. The molecule has 80 valence electrons. The largest absolute Gasteiger partial charge is 0.379 e. The minimum atomic E-state index is 0.00926. The van der Waals surface area contributed by atoms with E-state index in [1.807, 2.05) is 6.92 Å². The topological polar surface area (TPSA) is 38.3 Å². The van der Waals surface area contributed by atoms with Crippen molar-refractivity contribution in [3.63, 3.8) is 0 Å². The highest BCUT2D eigenvalue weighted by Gasteiger charge is 2.49. The normalized spacial score (nSPS) is 38.9. The number of ether oxygens (including phenoxy) is 1. The summed E-state index contributed by atoms with van der Waals surface area (Å²) in [4.78, 5) is 11.3. The first-order valence-electron chi connectivity index (χ1n) is 5.42. The molecule has 1 heterocycles. The summed E-state index contributed by atoms with van der Waals surface area (Å²) in [6.45, 7) is 3.61. The lowest BCUT2D eigenvalue weighted by Crippen LogP contribution is -2.44. The highest BCUT2D eigenvalue weighted by Crippen LogP contribution is 2.42. The first-order valence-corrected chi connectivity index (χ1v) is 5.42. The first-order chi connectivity index (χ1) is 6.63. The van der Waals surface area contributed by atoms with Crippen LogP contribution < -0.4 is 5.32 Å². The zero-order valence-electron chi connectivity index (χ0n) is 9.12. The second-order valence-corrected chi connectivity index (χ2v) is 4.71. The molecule has 3 nitrogen and oxygen atoms in total. The van der Waals surface area contributed by atoms with Gasteiger partial charge in [0, 0.05) is 25.1 Å². The summed E-state index contributed by atoms with van der Waals surface area (Å²) in [6, 6.07) is 1.11. The van der Waals surface area contributed by atoms with Crippen molar-refractivity contribution in [3.05, 3.63) is 0 Å². The molecule has 0 spiro atoms.